The number of rotatable bonds is 2. The van der Waals surface area contributed by atoms with Crippen LogP contribution in [0.25, 0.3) is 0 Å². The van der Waals surface area contributed by atoms with Gasteiger partial charge in [-0.15, -0.1) is 0 Å². The van der Waals surface area contributed by atoms with Gasteiger partial charge in [0.15, 0.2) is 5.60 Å². The molecule has 1 aromatic rings. The van der Waals surface area contributed by atoms with E-state index in [1.807, 2.05) is 0 Å². The van der Waals surface area contributed by atoms with Crippen molar-refractivity contribution in [2.75, 3.05) is 11.5 Å². The third-order valence-electron chi connectivity index (χ3n) is 4.46. The van der Waals surface area contributed by atoms with Gasteiger partial charge in [0.25, 0.3) is 5.91 Å². The molecule has 1 amide bonds. The standard InChI is InChI=1S/C16H21NO2S/c1-10-3-4-12-8-11(2)14(13(12)7-10)17-15(18)16(19)5-6-20-9-16/h3-4,7,11,14,19H,5-6,8-9H2,1-2H3,(H,17,18)/t11-,14+,16+/m0/s1. The minimum Gasteiger partial charge on any atom is -0.379 e. The number of hydrogen-bond acceptors (Lipinski definition) is 3. The molecule has 1 aliphatic carbocycles. The smallest absolute Gasteiger partial charge is 0.253 e. The van der Waals surface area contributed by atoms with E-state index in [9.17, 15) is 9.90 Å². The van der Waals surface area contributed by atoms with Gasteiger partial charge in [0.1, 0.15) is 0 Å². The molecule has 0 spiro atoms. The molecule has 3 atom stereocenters. The van der Waals surface area contributed by atoms with E-state index in [-0.39, 0.29) is 11.9 Å². The Morgan fingerprint density at radius 2 is 2.30 bits per heavy atom. The summed E-state index contributed by atoms with van der Waals surface area (Å²) in [5.74, 6) is 1.56. The number of carbonyl (C=O) groups is 1. The summed E-state index contributed by atoms with van der Waals surface area (Å²) in [6.45, 7) is 4.23. The molecule has 2 N–H and O–H groups in total. The molecular weight excluding hydrogens is 270 g/mol. The minimum absolute atomic E-state index is 0.0343. The summed E-state index contributed by atoms with van der Waals surface area (Å²) in [7, 11) is 0. The lowest BCUT2D eigenvalue weighted by Gasteiger charge is -2.26. The van der Waals surface area contributed by atoms with E-state index in [0.29, 0.717) is 18.1 Å². The SMILES string of the molecule is Cc1ccc2c(c1)[C@H](NC(=O)[C@@]1(O)CCSC1)[C@@H](C)C2. The maximum absolute atomic E-state index is 12.4. The zero-order chi connectivity index (χ0) is 14.3. The highest BCUT2D eigenvalue weighted by Crippen LogP contribution is 2.37. The second-order valence-electron chi connectivity index (χ2n) is 6.17. The second kappa shape index (κ2) is 5.08. The predicted molar refractivity (Wildman–Crippen MR) is 81.8 cm³/mol. The average molecular weight is 291 g/mol. The van der Waals surface area contributed by atoms with Crippen molar-refractivity contribution in [2.24, 2.45) is 5.92 Å². The van der Waals surface area contributed by atoms with Gasteiger partial charge < -0.3 is 10.4 Å². The van der Waals surface area contributed by atoms with Crippen molar-refractivity contribution < 1.29 is 9.90 Å². The van der Waals surface area contributed by atoms with Crippen LogP contribution in [0.1, 0.15) is 36.1 Å². The summed E-state index contributed by atoms with van der Waals surface area (Å²) in [5, 5.41) is 13.5. The molecule has 0 unspecified atom stereocenters. The van der Waals surface area contributed by atoms with Crippen LogP contribution in [-0.4, -0.2) is 28.1 Å². The Labute approximate surface area is 124 Å². The molecule has 0 radical (unpaired) electrons. The molecule has 1 aliphatic heterocycles. The largest absolute Gasteiger partial charge is 0.379 e. The molecule has 20 heavy (non-hydrogen) atoms. The third-order valence-corrected chi connectivity index (χ3v) is 5.63. The first-order valence-corrected chi connectivity index (χ1v) is 8.35. The zero-order valence-corrected chi connectivity index (χ0v) is 12.8. The van der Waals surface area contributed by atoms with Gasteiger partial charge in [-0.1, -0.05) is 30.7 Å². The lowest BCUT2D eigenvalue weighted by atomic mass is 9.98. The maximum Gasteiger partial charge on any atom is 0.253 e. The Balaban J connectivity index is 1.81. The summed E-state index contributed by atoms with van der Waals surface area (Å²) >= 11 is 1.65. The number of aryl methyl sites for hydroxylation is 1. The van der Waals surface area contributed by atoms with Gasteiger partial charge in [0.2, 0.25) is 0 Å². The topological polar surface area (TPSA) is 49.3 Å². The van der Waals surface area contributed by atoms with E-state index in [0.717, 1.165) is 12.2 Å². The van der Waals surface area contributed by atoms with Crippen LogP contribution in [0.5, 0.6) is 0 Å². The molecule has 4 heteroatoms. The van der Waals surface area contributed by atoms with Gasteiger partial charge in [0, 0.05) is 5.75 Å². The van der Waals surface area contributed by atoms with Crippen molar-refractivity contribution in [3.05, 3.63) is 34.9 Å². The van der Waals surface area contributed by atoms with Crippen LogP contribution < -0.4 is 5.32 Å². The van der Waals surface area contributed by atoms with Gasteiger partial charge in [-0.2, -0.15) is 11.8 Å². The highest BCUT2D eigenvalue weighted by molar-refractivity contribution is 7.99. The first-order chi connectivity index (χ1) is 9.49. The van der Waals surface area contributed by atoms with Crippen LogP contribution in [0.3, 0.4) is 0 Å². The molecule has 0 saturated carbocycles. The molecular formula is C16H21NO2S. The van der Waals surface area contributed by atoms with Crippen molar-refractivity contribution in [3.63, 3.8) is 0 Å². The second-order valence-corrected chi connectivity index (χ2v) is 7.27. The van der Waals surface area contributed by atoms with Crippen molar-refractivity contribution in [3.8, 4) is 0 Å². The number of thioether (sulfide) groups is 1. The van der Waals surface area contributed by atoms with Crippen LogP contribution in [-0.2, 0) is 11.2 Å². The maximum atomic E-state index is 12.4. The Kier molecular flexibility index (Phi) is 3.55. The quantitative estimate of drug-likeness (QED) is 0.878. The van der Waals surface area contributed by atoms with Crippen LogP contribution in [0, 0.1) is 12.8 Å². The molecule has 1 aromatic carbocycles. The van der Waals surface area contributed by atoms with Crippen molar-refractivity contribution in [1.82, 2.24) is 5.32 Å². The van der Waals surface area contributed by atoms with Gasteiger partial charge in [-0.05, 0) is 42.6 Å². The van der Waals surface area contributed by atoms with E-state index in [2.05, 4.69) is 37.4 Å². The van der Waals surface area contributed by atoms with E-state index in [1.165, 1.54) is 16.7 Å². The molecule has 1 fully saturated rings. The normalized spacial score (nSPS) is 32.1. The summed E-state index contributed by atoms with van der Waals surface area (Å²) in [4.78, 5) is 12.4. The van der Waals surface area contributed by atoms with Crippen LogP contribution in [0.2, 0.25) is 0 Å². The highest BCUT2D eigenvalue weighted by Gasteiger charge is 2.42. The van der Waals surface area contributed by atoms with Crippen molar-refractivity contribution >= 4 is 17.7 Å². The first kappa shape index (κ1) is 14.0. The van der Waals surface area contributed by atoms with Gasteiger partial charge in [-0.3, -0.25) is 4.79 Å². The number of nitrogens with one attached hydrogen (secondary N) is 1. The molecule has 1 saturated heterocycles. The fourth-order valence-corrected chi connectivity index (χ4v) is 4.43. The Hall–Kier alpha value is -1.000. The van der Waals surface area contributed by atoms with Crippen LogP contribution in [0.4, 0.5) is 0 Å². The van der Waals surface area contributed by atoms with Gasteiger partial charge in [-0.25, -0.2) is 0 Å². The fourth-order valence-electron chi connectivity index (χ4n) is 3.19. The van der Waals surface area contributed by atoms with Crippen LogP contribution in [0.15, 0.2) is 18.2 Å². The number of amides is 1. The average Bonchev–Trinajstić information content (AvgIpc) is 2.96. The van der Waals surface area contributed by atoms with E-state index in [1.54, 1.807) is 11.8 Å². The molecule has 3 rings (SSSR count). The number of benzene rings is 1. The van der Waals surface area contributed by atoms with Crippen molar-refractivity contribution in [1.29, 1.82) is 0 Å². The monoisotopic (exact) mass is 291 g/mol. The Morgan fingerprint density at radius 1 is 1.50 bits per heavy atom. The number of aliphatic hydroxyl groups is 1. The lowest BCUT2D eigenvalue weighted by Crippen LogP contribution is -2.48. The summed E-state index contributed by atoms with van der Waals surface area (Å²) in [6.07, 6.45) is 1.55. The predicted octanol–water partition coefficient (Wildman–Crippen LogP) is 2.21. The molecule has 0 bridgehead atoms. The molecule has 0 aromatic heterocycles. The molecule has 1 heterocycles. The summed E-state index contributed by atoms with van der Waals surface area (Å²) < 4.78 is 0. The summed E-state index contributed by atoms with van der Waals surface area (Å²) in [6, 6.07) is 6.48. The zero-order valence-electron chi connectivity index (χ0n) is 12.0. The van der Waals surface area contributed by atoms with Gasteiger partial charge >= 0.3 is 0 Å². The molecule has 2 aliphatic rings. The summed E-state index contributed by atoms with van der Waals surface area (Å²) in [5.41, 5.74) is 2.59. The van der Waals surface area contributed by atoms with Crippen LogP contribution >= 0.6 is 11.8 Å². The van der Waals surface area contributed by atoms with E-state index < -0.39 is 5.60 Å². The van der Waals surface area contributed by atoms with E-state index in [4.69, 9.17) is 0 Å². The number of hydrogen-bond donors (Lipinski definition) is 2. The van der Waals surface area contributed by atoms with Gasteiger partial charge in [0.05, 0.1) is 6.04 Å². The Morgan fingerprint density at radius 3 is 3.00 bits per heavy atom. The van der Waals surface area contributed by atoms with E-state index >= 15 is 0 Å². The molecule has 3 nitrogen and oxygen atoms in total. The molecule has 108 valence electrons. The number of fused-ring (bicyclic) bond motifs is 1. The lowest BCUT2D eigenvalue weighted by molar-refractivity contribution is -0.138. The fraction of sp³-hybridized carbons (Fsp3) is 0.562. The Bertz CT molecular complexity index is 537. The number of carbonyl (C=O) groups excluding carboxylic acids is 1. The highest BCUT2D eigenvalue weighted by atomic mass is 32.2. The minimum atomic E-state index is -1.17. The van der Waals surface area contributed by atoms with Crippen molar-refractivity contribution in [2.45, 2.75) is 38.3 Å². The third kappa shape index (κ3) is 2.35. The first-order valence-electron chi connectivity index (χ1n) is 7.20.